The molecule has 0 saturated carbocycles. The maximum atomic E-state index is 12.5. The molecule has 27 heavy (non-hydrogen) atoms. The Balaban J connectivity index is 2.08. The van der Waals surface area contributed by atoms with Crippen molar-refractivity contribution < 1.29 is 14.3 Å². The zero-order valence-electron chi connectivity index (χ0n) is 16.7. The first kappa shape index (κ1) is 21.2. The number of carbonyl (C=O) groups excluding carboxylic acids is 1. The number of ether oxygens (including phenoxy) is 2. The van der Waals surface area contributed by atoms with Gasteiger partial charge in [-0.25, -0.2) is 4.98 Å². The molecule has 3 N–H and O–H groups in total. The van der Waals surface area contributed by atoms with E-state index in [1.807, 2.05) is 30.5 Å². The third-order valence-corrected chi connectivity index (χ3v) is 5.21. The lowest BCUT2D eigenvalue weighted by Gasteiger charge is -2.31. The molecule has 1 atom stereocenters. The van der Waals surface area contributed by atoms with Crippen LogP contribution in [-0.4, -0.2) is 37.2 Å². The number of nitrogens with two attached hydrogens (primary N) is 1. The number of carbonyl (C=O) groups is 1. The van der Waals surface area contributed by atoms with Crippen LogP contribution in [0.3, 0.4) is 0 Å². The molecule has 148 valence electrons. The highest BCUT2D eigenvalue weighted by Crippen LogP contribution is 2.33. The zero-order chi connectivity index (χ0) is 20.0. The summed E-state index contributed by atoms with van der Waals surface area (Å²) < 4.78 is 10.6. The van der Waals surface area contributed by atoms with E-state index in [9.17, 15) is 4.79 Å². The first-order chi connectivity index (χ1) is 12.8. The van der Waals surface area contributed by atoms with Crippen molar-refractivity contribution >= 4 is 17.2 Å². The van der Waals surface area contributed by atoms with Gasteiger partial charge in [0.15, 0.2) is 11.5 Å². The van der Waals surface area contributed by atoms with Gasteiger partial charge in [-0.2, -0.15) is 0 Å². The van der Waals surface area contributed by atoms with Crippen molar-refractivity contribution in [2.24, 2.45) is 11.7 Å². The lowest BCUT2D eigenvalue weighted by atomic mass is 9.90. The summed E-state index contributed by atoms with van der Waals surface area (Å²) in [5, 5.41) is 5.82. The van der Waals surface area contributed by atoms with Crippen molar-refractivity contribution in [3.05, 3.63) is 29.3 Å². The fourth-order valence-corrected chi connectivity index (χ4v) is 3.94. The lowest BCUT2D eigenvalue weighted by molar-refractivity contribution is -0.122. The number of methoxy groups -OCH3 is 2. The number of rotatable bonds is 9. The summed E-state index contributed by atoms with van der Waals surface area (Å²) in [7, 11) is 3.21. The second-order valence-corrected chi connectivity index (χ2v) is 8.16. The van der Waals surface area contributed by atoms with Gasteiger partial charge in [-0.1, -0.05) is 13.8 Å². The Morgan fingerprint density at radius 1 is 1.30 bits per heavy atom. The van der Waals surface area contributed by atoms with Crippen LogP contribution < -0.4 is 20.5 Å². The van der Waals surface area contributed by atoms with Gasteiger partial charge in [0.25, 0.3) is 0 Å². The largest absolute Gasteiger partial charge is 0.493 e. The minimum atomic E-state index is -0.395. The highest BCUT2D eigenvalue weighted by Gasteiger charge is 2.26. The number of nitrogens with one attached hydrogen (secondary N) is 1. The van der Waals surface area contributed by atoms with Crippen molar-refractivity contribution in [2.75, 3.05) is 20.8 Å². The summed E-state index contributed by atoms with van der Waals surface area (Å²) in [6.07, 6.45) is 1.07. The number of hydrogen-bond acceptors (Lipinski definition) is 6. The SMILES string of the molecule is COc1ccc(-c2nc(CC(=O)NC(C)(CN)CC(C)C)cs2)cc1OC. The van der Waals surface area contributed by atoms with Crippen LogP contribution in [0.1, 0.15) is 32.9 Å². The van der Waals surface area contributed by atoms with Gasteiger partial charge in [0, 0.05) is 23.0 Å². The van der Waals surface area contributed by atoms with Gasteiger partial charge in [-0.05, 0) is 37.5 Å². The predicted molar refractivity (Wildman–Crippen MR) is 109 cm³/mol. The summed E-state index contributed by atoms with van der Waals surface area (Å²) in [6.45, 7) is 6.64. The van der Waals surface area contributed by atoms with Crippen LogP contribution >= 0.6 is 11.3 Å². The molecule has 0 radical (unpaired) electrons. The van der Waals surface area contributed by atoms with Gasteiger partial charge in [0.05, 0.1) is 26.3 Å². The smallest absolute Gasteiger partial charge is 0.226 e. The van der Waals surface area contributed by atoms with Crippen LogP contribution in [0.5, 0.6) is 11.5 Å². The maximum absolute atomic E-state index is 12.5. The minimum Gasteiger partial charge on any atom is -0.493 e. The maximum Gasteiger partial charge on any atom is 0.226 e. The van der Waals surface area contributed by atoms with E-state index in [2.05, 4.69) is 24.1 Å². The molecule has 2 aromatic rings. The summed E-state index contributed by atoms with van der Waals surface area (Å²) in [6, 6.07) is 5.66. The molecule has 0 spiro atoms. The first-order valence-electron chi connectivity index (χ1n) is 8.98. The summed E-state index contributed by atoms with van der Waals surface area (Å²) in [5.74, 6) is 1.71. The van der Waals surface area contributed by atoms with Crippen LogP contribution in [0.4, 0.5) is 0 Å². The Kier molecular flexibility index (Phi) is 7.21. The van der Waals surface area contributed by atoms with E-state index in [0.717, 1.165) is 22.7 Å². The average molecular weight is 392 g/mol. The van der Waals surface area contributed by atoms with E-state index >= 15 is 0 Å². The number of hydrogen-bond donors (Lipinski definition) is 2. The second kappa shape index (κ2) is 9.19. The molecular formula is C20H29N3O3S. The number of thiazole rings is 1. The monoisotopic (exact) mass is 391 g/mol. The third-order valence-electron chi connectivity index (χ3n) is 4.27. The van der Waals surface area contributed by atoms with Gasteiger partial charge in [0.2, 0.25) is 5.91 Å². The zero-order valence-corrected chi connectivity index (χ0v) is 17.5. The van der Waals surface area contributed by atoms with Gasteiger partial charge in [-0.3, -0.25) is 4.79 Å². The molecule has 0 fully saturated rings. The Bertz CT molecular complexity index is 776. The number of aromatic nitrogens is 1. The molecule has 1 heterocycles. The van der Waals surface area contributed by atoms with Crippen molar-refractivity contribution in [1.29, 1.82) is 0 Å². The van der Waals surface area contributed by atoms with Crippen LogP contribution in [0, 0.1) is 5.92 Å². The Morgan fingerprint density at radius 3 is 2.59 bits per heavy atom. The van der Waals surface area contributed by atoms with Gasteiger partial charge in [0.1, 0.15) is 5.01 Å². The van der Waals surface area contributed by atoms with E-state index in [1.54, 1.807) is 14.2 Å². The Hall–Kier alpha value is -2.12. The van der Waals surface area contributed by atoms with E-state index in [4.69, 9.17) is 15.2 Å². The molecule has 7 heteroatoms. The Labute approximate surface area is 165 Å². The number of nitrogens with zero attached hydrogens (tertiary/aromatic N) is 1. The second-order valence-electron chi connectivity index (χ2n) is 7.30. The lowest BCUT2D eigenvalue weighted by Crippen LogP contribution is -2.52. The molecule has 2 rings (SSSR count). The first-order valence-corrected chi connectivity index (χ1v) is 9.86. The number of amides is 1. The quantitative estimate of drug-likeness (QED) is 0.685. The Morgan fingerprint density at radius 2 is 2.00 bits per heavy atom. The third kappa shape index (κ3) is 5.68. The summed E-state index contributed by atoms with van der Waals surface area (Å²) in [4.78, 5) is 17.1. The van der Waals surface area contributed by atoms with Crippen molar-refractivity contribution in [1.82, 2.24) is 10.3 Å². The highest BCUT2D eigenvalue weighted by atomic mass is 32.1. The molecule has 0 saturated heterocycles. The van der Waals surface area contributed by atoms with E-state index < -0.39 is 5.54 Å². The van der Waals surface area contributed by atoms with Gasteiger partial charge >= 0.3 is 0 Å². The summed E-state index contributed by atoms with van der Waals surface area (Å²) in [5.41, 5.74) is 7.15. The van der Waals surface area contributed by atoms with Crippen LogP contribution in [0.2, 0.25) is 0 Å². The van der Waals surface area contributed by atoms with E-state index in [-0.39, 0.29) is 12.3 Å². The molecule has 0 aliphatic heterocycles. The highest BCUT2D eigenvalue weighted by molar-refractivity contribution is 7.13. The van der Waals surface area contributed by atoms with E-state index in [0.29, 0.717) is 24.0 Å². The van der Waals surface area contributed by atoms with Crippen LogP contribution in [-0.2, 0) is 11.2 Å². The normalized spacial score (nSPS) is 13.3. The molecule has 1 aromatic heterocycles. The minimum absolute atomic E-state index is 0.0623. The molecule has 1 amide bonds. The molecule has 6 nitrogen and oxygen atoms in total. The fourth-order valence-electron chi connectivity index (χ4n) is 3.12. The number of benzene rings is 1. The van der Waals surface area contributed by atoms with Crippen molar-refractivity contribution in [2.45, 2.75) is 39.2 Å². The molecule has 0 aliphatic carbocycles. The van der Waals surface area contributed by atoms with Crippen LogP contribution in [0.25, 0.3) is 10.6 Å². The summed E-state index contributed by atoms with van der Waals surface area (Å²) >= 11 is 1.50. The standard InChI is InChI=1S/C20H29N3O3S/c1-13(2)10-20(3,12-21)23-18(24)9-15-11-27-19(22-15)14-6-7-16(25-4)17(8-14)26-5/h6-8,11,13H,9-10,12,21H2,1-5H3,(H,23,24). The average Bonchev–Trinajstić information content (AvgIpc) is 3.08. The van der Waals surface area contributed by atoms with Crippen molar-refractivity contribution in [3.8, 4) is 22.1 Å². The van der Waals surface area contributed by atoms with E-state index in [1.165, 1.54) is 11.3 Å². The molecular weight excluding hydrogens is 362 g/mol. The molecule has 0 bridgehead atoms. The molecule has 1 aromatic carbocycles. The predicted octanol–water partition coefficient (Wildman–Crippen LogP) is 3.25. The van der Waals surface area contributed by atoms with Crippen LogP contribution in [0.15, 0.2) is 23.6 Å². The molecule has 0 aliphatic rings. The van der Waals surface area contributed by atoms with Gasteiger partial charge in [-0.15, -0.1) is 11.3 Å². The van der Waals surface area contributed by atoms with Gasteiger partial charge < -0.3 is 20.5 Å². The molecule has 1 unspecified atom stereocenters. The van der Waals surface area contributed by atoms with Crippen molar-refractivity contribution in [3.63, 3.8) is 0 Å². The fraction of sp³-hybridized carbons (Fsp3) is 0.500. The topological polar surface area (TPSA) is 86.5 Å².